The van der Waals surface area contributed by atoms with Crippen LogP contribution in [0, 0.1) is 13.8 Å². The minimum atomic E-state index is 1.10. The first-order chi connectivity index (χ1) is 16.5. The molecule has 0 amide bonds. The third kappa shape index (κ3) is 3.57. The summed E-state index contributed by atoms with van der Waals surface area (Å²) in [4.78, 5) is 0. The first-order valence-corrected chi connectivity index (χ1v) is 13.0. The summed E-state index contributed by atoms with van der Waals surface area (Å²) < 4.78 is 2.20. The molecule has 0 atom stereocenters. The van der Waals surface area contributed by atoms with Gasteiger partial charge in [0.05, 0.1) is 0 Å². The Bertz CT molecular complexity index is 1610. The molecule has 6 rings (SSSR count). The fourth-order valence-corrected chi connectivity index (χ4v) is 5.82. The maximum absolute atomic E-state index is 3.66. The van der Waals surface area contributed by atoms with Crippen molar-refractivity contribution < 1.29 is 0 Å². The highest BCUT2D eigenvalue weighted by atomic mass is 79.9. The molecule has 0 heterocycles. The molecule has 0 spiro atoms. The van der Waals surface area contributed by atoms with Crippen LogP contribution < -0.4 is 0 Å². The molecule has 0 aliphatic heterocycles. The van der Waals surface area contributed by atoms with E-state index in [1.54, 1.807) is 0 Å². The van der Waals surface area contributed by atoms with E-state index in [4.69, 9.17) is 0 Å². The van der Waals surface area contributed by atoms with E-state index < -0.39 is 0 Å². The maximum atomic E-state index is 3.66. The average Bonchev–Trinajstić information content (AvgIpc) is 2.86. The summed E-state index contributed by atoms with van der Waals surface area (Å²) in [7, 11) is 0. The summed E-state index contributed by atoms with van der Waals surface area (Å²) in [6.07, 6.45) is 0. The predicted octanol–water partition coefficient (Wildman–Crippen LogP) is 10.6. The van der Waals surface area contributed by atoms with E-state index in [-0.39, 0.29) is 0 Å². The molecule has 0 unspecified atom stereocenters. The van der Waals surface area contributed by atoms with E-state index in [9.17, 15) is 0 Å². The third-order valence-corrected chi connectivity index (χ3v) is 7.84. The Kier molecular flexibility index (Phi) is 5.32. The van der Waals surface area contributed by atoms with Crippen molar-refractivity contribution in [3.63, 3.8) is 0 Å². The van der Waals surface area contributed by atoms with Gasteiger partial charge in [-0.25, -0.2) is 0 Å². The second-order valence-electron chi connectivity index (χ2n) is 8.98. The zero-order valence-electron chi connectivity index (χ0n) is 19.0. The molecule has 0 saturated heterocycles. The van der Waals surface area contributed by atoms with Gasteiger partial charge in [-0.15, -0.1) is 0 Å². The Morgan fingerprint density at radius 1 is 0.412 bits per heavy atom. The molecule has 0 radical (unpaired) electrons. The summed E-state index contributed by atoms with van der Waals surface area (Å²) in [6.45, 7) is 4.36. The highest BCUT2D eigenvalue weighted by Gasteiger charge is 2.13. The Morgan fingerprint density at radius 2 is 0.824 bits per heavy atom. The van der Waals surface area contributed by atoms with E-state index in [2.05, 4.69) is 143 Å². The van der Waals surface area contributed by atoms with Gasteiger partial charge in [0.25, 0.3) is 0 Å². The highest BCUT2D eigenvalue weighted by Crippen LogP contribution is 2.40. The molecule has 0 aliphatic carbocycles. The number of hydrogen-bond donors (Lipinski definition) is 0. The maximum Gasteiger partial charge on any atom is 0.0181 e. The van der Waals surface area contributed by atoms with E-state index in [1.807, 2.05) is 0 Å². The summed E-state index contributed by atoms with van der Waals surface area (Å²) in [5.41, 5.74) is 7.56. The third-order valence-electron chi connectivity index (χ3n) is 6.86. The minimum absolute atomic E-state index is 1.10. The topological polar surface area (TPSA) is 0 Å². The van der Waals surface area contributed by atoms with Gasteiger partial charge in [0.15, 0.2) is 0 Å². The molecule has 6 aromatic rings. The van der Waals surface area contributed by atoms with Gasteiger partial charge >= 0.3 is 0 Å². The van der Waals surface area contributed by atoms with Crippen LogP contribution in [0.5, 0.6) is 0 Å². The van der Waals surface area contributed by atoms with Crippen LogP contribution in [0.2, 0.25) is 0 Å². The summed E-state index contributed by atoms with van der Waals surface area (Å²) in [5, 5.41) is 7.77. The van der Waals surface area contributed by atoms with Gasteiger partial charge in [0.1, 0.15) is 0 Å². The van der Waals surface area contributed by atoms with Crippen molar-refractivity contribution in [1.82, 2.24) is 0 Å². The standard InChI is InChI=1S/C32H22Br2/c1-19-7-11-23(33)17-29(19)21-9-13-27-25-5-3-4-6-26(25)28-14-10-22(16-32(28)31(27)15-21)30-18-24(34)12-8-20(30)2/h3-18H,1-2H3. The van der Waals surface area contributed by atoms with E-state index in [0.29, 0.717) is 0 Å². The number of benzene rings is 6. The molecule has 34 heavy (non-hydrogen) atoms. The number of halogens is 2. The molecule has 0 nitrogen and oxygen atoms in total. The van der Waals surface area contributed by atoms with Crippen molar-refractivity contribution >= 4 is 64.2 Å². The van der Waals surface area contributed by atoms with E-state index in [1.165, 1.54) is 65.7 Å². The van der Waals surface area contributed by atoms with Gasteiger partial charge in [-0.2, -0.15) is 0 Å². The zero-order valence-corrected chi connectivity index (χ0v) is 22.2. The quantitative estimate of drug-likeness (QED) is 0.183. The Morgan fingerprint density at radius 3 is 1.26 bits per heavy atom. The molecule has 2 heteroatoms. The van der Waals surface area contributed by atoms with Crippen molar-refractivity contribution in [3.8, 4) is 22.3 Å². The van der Waals surface area contributed by atoms with Gasteiger partial charge in [0, 0.05) is 8.95 Å². The van der Waals surface area contributed by atoms with Crippen LogP contribution in [0.15, 0.2) is 106 Å². The Balaban J connectivity index is 1.72. The fraction of sp³-hybridized carbons (Fsp3) is 0.0625. The summed E-state index contributed by atoms with van der Waals surface area (Å²) >= 11 is 7.32. The zero-order chi connectivity index (χ0) is 23.4. The molecule has 0 N–H and O–H groups in total. The smallest absolute Gasteiger partial charge is 0.0181 e. The second-order valence-corrected chi connectivity index (χ2v) is 10.8. The number of hydrogen-bond acceptors (Lipinski definition) is 0. The van der Waals surface area contributed by atoms with Crippen LogP contribution >= 0.6 is 31.9 Å². The lowest BCUT2D eigenvalue weighted by molar-refractivity contribution is 1.45. The molecule has 164 valence electrons. The molecule has 0 aromatic heterocycles. The van der Waals surface area contributed by atoms with Crippen LogP contribution in [0.1, 0.15) is 11.1 Å². The van der Waals surface area contributed by atoms with Crippen molar-refractivity contribution in [2.45, 2.75) is 13.8 Å². The second kappa shape index (κ2) is 8.37. The van der Waals surface area contributed by atoms with Crippen molar-refractivity contribution in [3.05, 3.63) is 117 Å². The molecule has 0 aliphatic rings. The minimum Gasteiger partial charge on any atom is -0.0616 e. The number of aryl methyl sites for hydroxylation is 2. The molecule has 0 fully saturated rings. The SMILES string of the molecule is Cc1ccc(Br)cc1-c1ccc2c3ccccc3c3ccc(-c4cc(Br)ccc4C)cc3c2c1. The normalized spacial score (nSPS) is 11.5. The average molecular weight is 566 g/mol. The van der Waals surface area contributed by atoms with Crippen molar-refractivity contribution in [2.24, 2.45) is 0 Å². The number of rotatable bonds is 2. The van der Waals surface area contributed by atoms with Crippen molar-refractivity contribution in [1.29, 1.82) is 0 Å². The summed E-state index contributed by atoms with van der Waals surface area (Å²) in [6, 6.07) is 35.6. The lowest BCUT2D eigenvalue weighted by atomic mass is 9.89. The van der Waals surface area contributed by atoms with Crippen LogP contribution in [-0.4, -0.2) is 0 Å². The molecule has 6 aromatic carbocycles. The van der Waals surface area contributed by atoms with Gasteiger partial charge in [-0.3, -0.25) is 0 Å². The van der Waals surface area contributed by atoms with Crippen LogP contribution in [0.4, 0.5) is 0 Å². The van der Waals surface area contributed by atoms with E-state index >= 15 is 0 Å². The predicted molar refractivity (Wildman–Crippen MR) is 155 cm³/mol. The first-order valence-electron chi connectivity index (χ1n) is 11.4. The fourth-order valence-electron chi connectivity index (χ4n) is 5.10. The van der Waals surface area contributed by atoms with Crippen LogP contribution in [-0.2, 0) is 0 Å². The lowest BCUT2D eigenvalue weighted by Crippen LogP contribution is -1.89. The molecular formula is C32H22Br2. The first kappa shape index (κ1) is 21.6. The number of fused-ring (bicyclic) bond motifs is 6. The monoisotopic (exact) mass is 564 g/mol. The highest BCUT2D eigenvalue weighted by molar-refractivity contribution is 9.10. The Labute approximate surface area is 216 Å². The van der Waals surface area contributed by atoms with Gasteiger partial charge in [0.2, 0.25) is 0 Å². The Hall–Kier alpha value is -2.94. The van der Waals surface area contributed by atoms with Gasteiger partial charge in [-0.05, 0) is 116 Å². The van der Waals surface area contributed by atoms with Gasteiger partial charge in [-0.1, -0.05) is 92.5 Å². The largest absolute Gasteiger partial charge is 0.0616 e. The van der Waals surface area contributed by atoms with E-state index in [0.717, 1.165) is 8.95 Å². The summed E-state index contributed by atoms with van der Waals surface area (Å²) in [5.74, 6) is 0. The van der Waals surface area contributed by atoms with Gasteiger partial charge < -0.3 is 0 Å². The molecule has 0 bridgehead atoms. The lowest BCUT2D eigenvalue weighted by Gasteiger charge is -2.15. The van der Waals surface area contributed by atoms with Crippen LogP contribution in [0.3, 0.4) is 0 Å². The van der Waals surface area contributed by atoms with Crippen LogP contribution in [0.25, 0.3) is 54.6 Å². The molecule has 0 saturated carbocycles. The molecular weight excluding hydrogens is 544 g/mol. The van der Waals surface area contributed by atoms with Crippen molar-refractivity contribution in [2.75, 3.05) is 0 Å².